The summed E-state index contributed by atoms with van der Waals surface area (Å²) in [7, 11) is 2.01. The van der Waals surface area contributed by atoms with Crippen molar-refractivity contribution in [2.24, 2.45) is 7.05 Å². The van der Waals surface area contributed by atoms with Crippen molar-refractivity contribution in [2.45, 2.75) is 19.9 Å². The number of pyridine rings is 1. The van der Waals surface area contributed by atoms with Gasteiger partial charge in [-0.25, -0.2) is 0 Å². The second-order valence-corrected chi connectivity index (χ2v) is 7.31. The first-order valence-corrected chi connectivity index (χ1v) is 9.67. The van der Waals surface area contributed by atoms with E-state index in [0.29, 0.717) is 0 Å². The molecule has 1 fully saturated rings. The molecule has 140 valence electrons. The fourth-order valence-corrected chi connectivity index (χ4v) is 3.85. The number of anilines is 1. The molecule has 4 rings (SSSR count). The summed E-state index contributed by atoms with van der Waals surface area (Å²) in [4.78, 5) is 9.36. The summed E-state index contributed by atoms with van der Waals surface area (Å²) in [5.41, 5.74) is 5.96. The van der Waals surface area contributed by atoms with Gasteiger partial charge in [0, 0.05) is 74.7 Å². The van der Waals surface area contributed by atoms with E-state index in [9.17, 15) is 0 Å². The van der Waals surface area contributed by atoms with E-state index in [4.69, 9.17) is 5.10 Å². The molecule has 0 bridgehead atoms. The number of rotatable bonds is 4. The van der Waals surface area contributed by atoms with Gasteiger partial charge in [-0.15, -0.1) is 0 Å². The van der Waals surface area contributed by atoms with E-state index in [1.165, 1.54) is 23.2 Å². The largest absolute Gasteiger partial charge is 0.370 e. The highest BCUT2D eigenvalue weighted by Gasteiger charge is 2.18. The lowest BCUT2D eigenvalue weighted by Gasteiger charge is -2.23. The van der Waals surface area contributed by atoms with Crippen molar-refractivity contribution in [1.29, 1.82) is 0 Å². The van der Waals surface area contributed by atoms with Crippen LogP contribution in [0, 0.1) is 6.92 Å². The average molecular weight is 361 g/mol. The van der Waals surface area contributed by atoms with Crippen LogP contribution in [-0.4, -0.2) is 45.8 Å². The minimum atomic E-state index is 0.946. The molecule has 0 saturated carbocycles. The normalized spacial score (nSPS) is 15.7. The van der Waals surface area contributed by atoms with Crippen LogP contribution in [0.2, 0.25) is 0 Å². The van der Waals surface area contributed by atoms with Crippen LogP contribution in [0.5, 0.6) is 0 Å². The Balaban J connectivity index is 1.47. The van der Waals surface area contributed by atoms with E-state index >= 15 is 0 Å². The molecule has 0 unspecified atom stereocenters. The summed E-state index contributed by atoms with van der Waals surface area (Å²) in [6.07, 6.45) is 5.24. The average Bonchev–Trinajstić information content (AvgIpc) is 2.88. The molecule has 1 aromatic carbocycles. The van der Waals surface area contributed by atoms with Crippen LogP contribution in [0.3, 0.4) is 0 Å². The molecule has 3 heterocycles. The van der Waals surface area contributed by atoms with Crippen LogP contribution in [0.25, 0.3) is 11.3 Å². The molecule has 0 atom stereocenters. The number of aryl methyl sites for hydroxylation is 2. The summed E-state index contributed by atoms with van der Waals surface area (Å²) >= 11 is 0. The van der Waals surface area contributed by atoms with Crippen molar-refractivity contribution in [2.75, 3.05) is 31.1 Å². The Morgan fingerprint density at radius 1 is 1.00 bits per heavy atom. The summed E-state index contributed by atoms with van der Waals surface area (Å²) in [6.45, 7) is 7.32. The third kappa shape index (κ3) is 4.19. The van der Waals surface area contributed by atoms with Gasteiger partial charge in [0.1, 0.15) is 0 Å². The predicted octanol–water partition coefficient (Wildman–Crippen LogP) is 3.50. The van der Waals surface area contributed by atoms with Gasteiger partial charge in [0.25, 0.3) is 0 Å². The number of hydrogen-bond acceptors (Lipinski definition) is 4. The van der Waals surface area contributed by atoms with Gasteiger partial charge in [-0.1, -0.05) is 30.3 Å². The van der Waals surface area contributed by atoms with Gasteiger partial charge in [0.2, 0.25) is 0 Å². The third-order valence-electron chi connectivity index (χ3n) is 5.18. The molecule has 0 amide bonds. The molecule has 2 aromatic heterocycles. The minimum Gasteiger partial charge on any atom is -0.370 e. The van der Waals surface area contributed by atoms with Crippen LogP contribution >= 0.6 is 0 Å². The lowest BCUT2D eigenvalue weighted by Crippen LogP contribution is -2.30. The first-order chi connectivity index (χ1) is 13.2. The highest BCUT2D eigenvalue weighted by Crippen LogP contribution is 2.24. The van der Waals surface area contributed by atoms with Crippen LogP contribution in [0.15, 0.2) is 54.9 Å². The van der Waals surface area contributed by atoms with E-state index < -0.39 is 0 Å². The molecule has 0 spiro atoms. The van der Waals surface area contributed by atoms with Gasteiger partial charge in [0.05, 0.1) is 5.69 Å². The van der Waals surface area contributed by atoms with Crippen LogP contribution in [0.1, 0.15) is 17.7 Å². The quantitative estimate of drug-likeness (QED) is 0.713. The first-order valence-electron chi connectivity index (χ1n) is 9.67. The second-order valence-electron chi connectivity index (χ2n) is 7.31. The maximum atomic E-state index is 4.71. The molecule has 5 heteroatoms. The monoisotopic (exact) mass is 361 g/mol. The second kappa shape index (κ2) is 7.92. The zero-order valence-electron chi connectivity index (χ0n) is 16.2. The Kier molecular flexibility index (Phi) is 5.21. The summed E-state index contributed by atoms with van der Waals surface area (Å²) < 4.78 is 1.93. The fraction of sp³-hybridized carbons (Fsp3) is 0.364. The van der Waals surface area contributed by atoms with Crippen molar-refractivity contribution in [1.82, 2.24) is 19.7 Å². The van der Waals surface area contributed by atoms with Crippen molar-refractivity contribution >= 4 is 5.69 Å². The van der Waals surface area contributed by atoms with Gasteiger partial charge in [0.15, 0.2) is 0 Å². The van der Waals surface area contributed by atoms with Crippen molar-refractivity contribution in [3.63, 3.8) is 0 Å². The van der Waals surface area contributed by atoms with Crippen molar-refractivity contribution < 1.29 is 0 Å². The Morgan fingerprint density at radius 2 is 1.85 bits per heavy atom. The van der Waals surface area contributed by atoms with Crippen LogP contribution in [-0.2, 0) is 13.6 Å². The first kappa shape index (κ1) is 17.7. The molecule has 27 heavy (non-hydrogen) atoms. The van der Waals surface area contributed by atoms with Gasteiger partial charge < -0.3 is 4.90 Å². The van der Waals surface area contributed by atoms with Gasteiger partial charge in [-0.2, -0.15) is 5.10 Å². The third-order valence-corrected chi connectivity index (χ3v) is 5.18. The minimum absolute atomic E-state index is 0.946. The standard InChI is InChI=1S/C22H27N5/c1-18-15-21(9-10-23-18)27-12-6-11-26(13-14-27)17-20-16-25(2)24-22(20)19-7-4-3-5-8-19/h3-5,7-10,15-16H,6,11-14,17H2,1-2H3. The zero-order chi connectivity index (χ0) is 18.6. The lowest BCUT2D eigenvalue weighted by molar-refractivity contribution is 0.286. The number of aromatic nitrogens is 3. The molecule has 1 aliphatic heterocycles. The number of hydrogen-bond donors (Lipinski definition) is 0. The SMILES string of the molecule is Cc1cc(N2CCCN(Cc3cn(C)nc3-c3ccccc3)CC2)ccn1. The Labute approximate surface area is 161 Å². The smallest absolute Gasteiger partial charge is 0.0968 e. The van der Waals surface area contributed by atoms with E-state index in [0.717, 1.165) is 44.1 Å². The molecule has 0 aliphatic carbocycles. The molecule has 1 saturated heterocycles. The molecule has 0 N–H and O–H groups in total. The summed E-state index contributed by atoms with van der Waals surface area (Å²) in [5.74, 6) is 0. The van der Waals surface area contributed by atoms with Crippen molar-refractivity contribution in [3.8, 4) is 11.3 Å². The van der Waals surface area contributed by atoms with E-state index in [1.807, 2.05) is 17.9 Å². The maximum absolute atomic E-state index is 4.71. The van der Waals surface area contributed by atoms with E-state index in [1.54, 1.807) is 0 Å². The molecule has 3 aromatic rings. The zero-order valence-corrected chi connectivity index (χ0v) is 16.2. The summed E-state index contributed by atoms with van der Waals surface area (Å²) in [6, 6.07) is 14.8. The highest BCUT2D eigenvalue weighted by atomic mass is 15.3. The van der Waals surface area contributed by atoms with E-state index in [-0.39, 0.29) is 0 Å². The Bertz CT molecular complexity index is 887. The van der Waals surface area contributed by atoms with Gasteiger partial charge in [-0.05, 0) is 25.5 Å². The van der Waals surface area contributed by atoms with E-state index in [2.05, 4.69) is 70.4 Å². The highest BCUT2D eigenvalue weighted by molar-refractivity contribution is 5.62. The molecule has 5 nitrogen and oxygen atoms in total. The molecule has 1 aliphatic rings. The Hall–Kier alpha value is -2.66. The van der Waals surface area contributed by atoms with Crippen LogP contribution < -0.4 is 4.90 Å². The lowest BCUT2D eigenvalue weighted by atomic mass is 10.1. The Morgan fingerprint density at radius 3 is 2.67 bits per heavy atom. The van der Waals surface area contributed by atoms with Crippen LogP contribution in [0.4, 0.5) is 5.69 Å². The maximum Gasteiger partial charge on any atom is 0.0968 e. The number of benzene rings is 1. The molecular weight excluding hydrogens is 334 g/mol. The summed E-state index contributed by atoms with van der Waals surface area (Å²) in [5, 5.41) is 4.71. The number of nitrogens with zero attached hydrogens (tertiary/aromatic N) is 5. The topological polar surface area (TPSA) is 37.2 Å². The molecule has 0 radical (unpaired) electrons. The van der Waals surface area contributed by atoms with Gasteiger partial charge >= 0.3 is 0 Å². The molecular formula is C22H27N5. The van der Waals surface area contributed by atoms with Crippen molar-refractivity contribution in [3.05, 3.63) is 66.1 Å². The van der Waals surface area contributed by atoms with Gasteiger partial charge in [-0.3, -0.25) is 14.6 Å². The predicted molar refractivity (Wildman–Crippen MR) is 110 cm³/mol. The fourth-order valence-electron chi connectivity index (χ4n) is 3.85.